The van der Waals surface area contributed by atoms with Crippen LogP contribution in [0.2, 0.25) is 0 Å². The Bertz CT molecular complexity index is 1350. The Morgan fingerprint density at radius 2 is 1.51 bits per heavy atom. The molecule has 0 spiro atoms. The van der Waals surface area contributed by atoms with Crippen molar-refractivity contribution in [3.05, 3.63) is 87.3 Å². The molecular formula is C29H29N4O2Se2+. The third kappa shape index (κ3) is 5.80. The van der Waals surface area contributed by atoms with Gasteiger partial charge in [0, 0.05) is 0 Å². The second-order valence-electron chi connectivity index (χ2n) is 8.88. The quantitative estimate of drug-likeness (QED) is 0.324. The molecular weight excluding hydrogens is 594 g/mol. The van der Waals surface area contributed by atoms with E-state index in [2.05, 4.69) is 88.4 Å². The molecule has 0 bridgehead atoms. The molecule has 2 saturated heterocycles. The number of aliphatic imine (C=N–C) groups is 1. The summed E-state index contributed by atoms with van der Waals surface area (Å²) in [5, 5.41) is 0. The van der Waals surface area contributed by atoms with Crippen LogP contribution in [0.5, 0.6) is 0 Å². The number of nitrogens with zero attached hydrogens (tertiary/aromatic N) is 4. The van der Waals surface area contributed by atoms with E-state index in [1.807, 2.05) is 0 Å². The van der Waals surface area contributed by atoms with E-state index in [-0.39, 0.29) is 29.5 Å². The topological polar surface area (TPSA) is 50.0 Å². The molecule has 2 aromatic carbocycles. The summed E-state index contributed by atoms with van der Waals surface area (Å²) in [6, 6.07) is 21.1. The van der Waals surface area contributed by atoms with E-state index in [1.54, 1.807) is 0 Å². The molecule has 0 radical (unpaired) electrons. The van der Waals surface area contributed by atoms with Crippen LogP contribution >= 0.6 is 0 Å². The number of ether oxygens (including phenoxy) is 2. The molecule has 6 nitrogen and oxygen atoms in total. The Morgan fingerprint density at radius 1 is 0.838 bits per heavy atom. The minimum absolute atomic E-state index is 0.166. The van der Waals surface area contributed by atoms with Gasteiger partial charge in [0.1, 0.15) is 0 Å². The number of morpholine rings is 2. The van der Waals surface area contributed by atoms with Crippen LogP contribution in [-0.4, -0.2) is 102 Å². The second kappa shape index (κ2) is 11.9. The number of rotatable bonds is 5. The van der Waals surface area contributed by atoms with Gasteiger partial charge in [0.15, 0.2) is 0 Å². The van der Waals surface area contributed by atoms with Crippen molar-refractivity contribution in [3.63, 3.8) is 0 Å². The van der Waals surface area contributed by atoms with Crippen molar-refractivity contribution in [2.24, 2.45) is 4.99 Å². The van der Waals surface area contributed by atoms with Crippen LogP contribution in [0.25, 0.3) is 17.3 Å². The summed E-state index contributed by atoms with van der Waals surface area (Å²) in [4.78, 5) is 12.7. The van der Waals surface area contributed by atoms with E-state index in [0.29, 0.717) is 0 Å². The molecule has 3 aromatic rings. The summed E-state index contributed by atoms with van der Waals surface area (Å²) < 4.78 is 18.6. The number of anilines is 1. The third-order valence-corrected chi connectivity index (χ3v) is 11.0. The SMILES string of the molecule is C(=C\c1[se]c(N2CCOCC2)nc1-c1ccccc1)/C=C1/[Se]C(=[N+]2CCOCC2)N=C1c1ccccc1. The molecule has 4 heterocycles. The van der Waals surface area contributed by atoms with E-state index < -0.39 is 0 Å². The van der Waals surface area contributed by atoms with Gasteiger partial charge in [-0.3, -0.25) is 0 Å². The zero-order valence-electron chi connectivity index (χ0n) is 20.6. The maximum atomic E-state index is 5.57. The fourth-order valence-corrected chi connectivity index (χ4v) is 8.89. The van der Waals surface area contributed by atoms with Crippen LogP contribution in [-0.2, 0) is 9.47 Å². The summed E-state index contributed by atoms with van der Waals surface area (Å²) in [6.45, 7) is 6.79. The van der Waals surface area contributed by atoms with Gasteiger partial charge in [-0.2, -0.15) is 0 Å². The van der Waals surface area contributed by atoms with Crippen LogP contribution in [0.3, 0.4) is 0 Å². The Hall–Kier alpha value is -2.57. The van der Waals surface area contributed by atoms with Gasteiger partial charge in [-0.1, -0.05) is 0 Å². The van der Waals surface area contributed by atoms with Gasteiger partial charge in [-0.25, -0.2) is 0 Å². The zero-order chi connectivity index (χ0) is 24.9. The number of amidine groups is 1. The predicted molar refractivity (Wildman–Crippen MR) is 151 cm³/mol. The molecule has 1 aromatic heterocycles. The zero-order valence-corrected chi connectivity index (χ0v) is 24.0. The van der Waals surface area contributed by atoms with Gasteiger partial charge in [0.05, 0.1) is 0 Å². The Labute approximate surface area is 230 Å². The molecule has 6 rings (SSSR count). The van der Waals surface area contributed by atoms with E-state index in [4.69, 9.17) is 19.5 Å². The van der Waals surface area contributed by atoms with Gasteiger partial charge in [-0.15, -0.1) is 0 Å². The van der Waals surface area contributed by atoms with Gasteiger partial charge < -0.3 is 0 Å². The summed E-state index contributed by atoms with van der Waals surface area (Å²) in [5.74, 6) is 0. The van der Waals surface area contributed by atoms with E-state index in [0.717, 1.165) is 64.0 Å². The Kier molecular flexibility index (Phi) is 7.94. The van der Waals surface area contributed by atoms with Crippen molar-refractivity contribution >= 4 is 50.7 Å². The average Bonchev–Trinajstić information content (AvgIpc) is 3.60. The van der Waals surface area contributed by atoms with Crippen LogP contribution in [0.4, 0.5) is 4.69 Å². The number of allylic oxidation sites excluding steroid dienone is 3. The minimum atomic E-state index is 0.166. The van der Waals surface area contributed by atoms with E-state index in [9.17, 15) is 0 Å². The van der Waals surface area contributed by atoms with Crippen molar-refractivity contribution in [2.45, 2.75) is 0 Å². The number of aromatic nitrogens is 1. The fourth-order valence-electron chi connectivity index (χ4n) is 4.47. The summed E-state index contributed by atoms with van der Waals surface area (Å²) in [6.07, 6.45) is 6.77. The first-order chi connectivity index (χ1) is 18.3. The van der Waals surface area contributed by atoms with E-state index >= 15 is 0 Å². The van der Waals surface area contributed by atoms with Crippen molar-refractivity contribution in [3.8, 4) is 11.3 Å². The molecule has 0 amide bonds. The first-order valence-corrected chi connectivity index (χ1v) is 16.1. The van der Waals surface area contributed by atoms with Gasteiger partial charge in [0.2, 0.25) is 0 Å². The summed E-state index contributed by atoms with van der Waals surface area (Å²) in [5.41, 5.74) is 4.57. The van der Waals surface area contributed by atoms with Crippen molar-refractivity contribution in [2.75, 3.05) is 57.5 Å². The molecule has 3 aliphatic heterocycles. The maximum absolute atomic E-state index is 5.57. The monoisotopic (exact) mass is 625 g/mol. The van der Waals surface area contributed by atoms with Crippen LogP contribution < -0.4 is 4.90 Å². The fraction of sp³-hybridized carbons (Fsp3) is 0.276. The molecule has 0 aliphatic carbocycles. The van der Waals surface area contributed by atoms with E-state index in [1.165, 1.54) is 29.5 Å². The molecule has 0 unspecified atom stereocenters. The van der Waals surface area contributed by atoms with Crippen molar-refractivity contribution in [1.29, 1.82) is 0 Å². The van der Waals surface area contributed by atoms with Gasteiger partial charge in [0.25, 0.3) is 0 Å². The molecule has 3 aliphatic rings. The van der Waals surface area contributed by atoms with Gasteiger partial charge >= 0.3 is 231 Å². The Morgan fingerprint density at radius 3 is 2.24 bits per heavy atom. The number of hydrogen-bond acceptors (Lipinski definition) is 4. The van der Waals surface area contributed by atoms with Crippen LogP contribution in [0.15, 0.2) is 82.3 Å². The van der Waals surface area contributed by atoms with Crippen LogP contribution in [0, 0.1) is 0 Å². The van der Waals surface area contributed by atoms with Crippen LogP contribution in [0.1, 0.15) is 10.0 Å². The normalized spacial score (nSPS) is 19.7. The molecule has 8 heteroatoms. The van der Waals surface area contributed by atoms with Gasteiger partial charge in [-0.05, 0) is 0 Å². The van der Waals surface area contributed by atoms with Crippen molar-refractivity contribution < 1.29 is 14.0 Å². The molecule has 2 fully saturated rings. The molecule has 188 valence electrons. The Balaban J connectivity index is 1.33. The standard InChI is InChI=1S/C29H29N4O2Se2/c1-3-8-22(9-4-1)26-24(36-28(30-26)32-14-18-34-19-15-32)12-7-13-25-27(23-10-5-2-6-11-23)31-29(37-25)33-16-20-35-21-17-33/h1-13H,14-21H2/q+1. The predicted octanol–water partition coefficient (Wildman–Crippen LogP) is 3.15. The summed E-state index contributed by atoms with van der Waals surface area (Å²) in [7, 11) is 0. The third-order valence-electron chi connectivity index (χ3n) is 6.44. The first kappa shape index (κ1) is 24.7. The van der Waals surface area contributed by atoms with Crippen molar-refractivity contribution in [1.82, 2.24) is 4.98 Å². The molecule has 0 N–H and O–H groups in total. The second-order valence-corrected chi connectivity index (χ2v) is 13.1. The first-order valence-electron chi connectivity index (χ1n) is 12.6. The average molecular weight is 623 g/mol. The molecule has 0 saturated carbocycles. The summed E-state index contributed by atoms with van der Waals surface area (Å²) >= 11 is 0.333. The number of hydrogen-bond donors (Lipinski definition) is 0. The number of benzene rings is 2. The molecule has 0 atom stereocenters. The molecule has 37 heavy (non-hydrogen) atoms.